The van der Waals surface area contributed by atoms with Gasteiger partial charge in [-0.1, -0.05) is 19.0 Å². The minimum atomic E-state index is -0.404. The van der Waals surface area contributed by atoms with Crippen LogP contribution >= 0.6 is 0 Å². The van der Waals surface area contributed by atoms with E-state index in [0.29, 0.717) is 29.5 Å². The highest BCUT2D eigenvalue weighted by molar-refractivity contribution is 5.60. The van der Waals surface area contributed by atoms with E-state index >= 15 is 0 Å². The Morgan fingerprint density at radius 1 is 1.55 bits per heavy atom. The normalized spacial score (nSPS) is 11.1. The van der Waals surface area contributed by atoms with Gasteiger partial charge in [-0.25, -0.2) is 4.68 Å². The molecule has 108 valence electrons. The van der Waals surface area contributed by atoms with Crippen LogP contribution in [0.2, 0.25) is 0 Å². The van der Waals surface area contributed by atoms with Crippen LogP contribution in [0.25, 0.3) is 0 Å². The summed E-state index contributed by atoms with van der Waals surface area (Å²) in [5.74, 6) is 1.05. The summed E-state index contributed by atoms with van der Waals surface area (Å²) in [5, 5.41) is 22.3. The molecule has 0 aliphatic heterocycles. The fraction of sp³-hybridized carbons (Fsp3) is 0.500. The molecule has 2 rings (SSSR count). The van der Waals surface area contributed by atoms with Gasteiger partial charge >= 0.3 is 5.69 Å². The third-order valence-corrected chi connectivity index (χ3v) is 2.89. The summed E-state index contributed by atoms with van der Waals surface area (Å²) in [6.07, 6.45) is 0. The molecule has 0 aromatic carbocycles. The average molecular weight is 279 g/mol. The van der Waals surface area contributed by atoms with E-state index in [0.717, 1.165) is 0 Å². The van der Waals surface area contributed by atoms with Gasteiger partial charge in [0.05, 0.1) is 11.5 Å². The minimum absolute atomic E-state index is 0.0164. The highest BCUT2D eigenvalue weighted by Gasteiger charge is 2.28. The zero-order valence-electron chi connectivity index (χ0n) is 11.9. The lowest BCUT2D eigenvalue weighted by atomic mass is 10.1. The highest BCUT2D eigenvalue weighted by Crippen LogP contribution is 2.32. The van der Waals surface area contributed by atoms with Gasteiger partial charge in [0.15, 0.2) is 0 Å². The van der Waals surface area contributed by atoms with Crippen molar-refractivity contribution >= 4 is 11.5 Å². The number of rotatable bonds is 5. The van der Waals surface area contributed by atoms with Crippen LogP contribution in [0.3, 0.4) is 0 Å². The molecule has 0 aliphatic carbocycles. The van der Waals surface area contributed by atoms with E-state index in [1.165, 1.54) is 4.68 Å². The first-order chi connectivity index (χ1) is 9.40. The van der Waals surface area contributed by atoms with Crippen LogP contribution < -0.4 is 5.32 Å². The molecule has 0 unspecified atom stereocenters. The van der Waals surface area contributed by atoms with E-state index in [2.05, 4.69) is 15.6 Å². The summed E-state index contributed by atoms with van der Waals surface area (Å²) in [7, 11) is 1.68. The number of nitrogens with one attached hydrogen (secondary N) is 1. The van der Waals surface area contributed by atoms with Crippen LogP contribution in [-0.2, 0) is 13.6 Å². The second-order valence-electron chi connectivity index (χ2n) is 4.90. The van der Waals surface area contributed by atoms with E-state index in [1.54, 1.807) is 20.0 Å². The molecule has 8 nitrogen and oxygen atoms in total. The largest absolute Gasteiger partial charge is 0.361 e. The van der Waals surface area contributed by atoms with E-state index in [4.69, 9.17) is 4.52 Å². The molecule has 2 aromatic rings. The fourth-order valence-corrected chi connectivity index (χ4v) is 1.98. The summed E-state index contributed by atoms with van der Waals surface area (Å²) >= 11 is 0. The maximum absolute atomic E-state index is 11.3. The van der Waals surface area contributed by atoms with Crippen molar-refractivity contribution in [3.63, 3.8) is 0 Å². The summed E-state index contributed by atoms with van der Waals surface area (Å²) < 4.78 is 6.44. The predicted molar refractivity (Wildman–Crippen MR) is 72.5 cm³/mol. The molecule has 0 bridgehead atoms. The summed E-state index contributed by atoms with van der Waals surface area (Å²) in [6, 6.07) is 1.78. The Kier molecular flexibility index (Phi) is 3.73. The zero-order chi connectivity index (χ0) is 14.9. The van der Waals surface area contributed by atoms with Gasteiger partial charge in [0.25, 0.3) is 0 Å². The maximum Gasteiger partial charge on any atom is 0.334 e. The van der Waals surface area contributed by atoms with Gasteiger partial charge in [-0.15, -0.1) is 0 Å². The van der Waals surface area contributed by atoms with Crippen LogP contribution in [0.15, 0.2) is 10.6 Å². The summed E-state index contributed by atoms with van der Waals surface area (Å²) in [5.41, 5.74) is 1.17. The van der Waals surface area contributed by atoms with Crippen molar-refractivity contribution in [3.8, 4) is 0 Å². The highest BCUT2D eigenvalue weighted by atomic mass is 16.6. The lowest BCUT2D eigenvalue weighted by Gasteiger charge is -2.03. The average Bonchev–Trinajstić information content (AvgIpc) is 2.90. The Morgan fingerprint density at radius 3 is 2.75 bits per heavy atom. The molecule has 0 fully saturated rings. The molecule has 0 saturated carbocycles. The molecule has 20 heavy (non-hydrogen) atoms. The topological polar surface area (TPSA) is 99.0 Å². The number of hydrogen-bond acceptors (Lipinski definition) is 6. The van der Waals surface area contributed by atoms with Gasteiger partial charge in [0.2, 0.25) is 5.82 Å². The minimum Gasteiger partial charge on any atom is -0.361 e. The molecular formula is C12H17N5O3. The number of aryl methyl sites for hydroxylation is 2. The molecule has 1 N–H and O–H groups in total. The molecule has 0 saturated heterocycles. The Balaban J connectivity index is 2.28. The first kappa shape index (κ1) is 14.0. The zero-order valence-corrected chi connectivity index (χ0v) is 11.9. The van der Waals surface area contributed by atoms with Crippen LogP contribution in [-0.4, -0.2) is 19.9 Å². The van der Waals surface area contributed by atoms with E-state index < -0.39 is 4.92 Å². The van der Waals surface area contributed by atoms with Gasteiger partial charge in [0, 0.05) is 19.0 Å². The van der Waals surface area contributed by atoms with Gasteiger partial charge < -0.3 is 9.84 Å². The van der Waals surface area contributed by atoms with Crippen LogP contribution in [0.5, 0.6) is 0 Å². The molecule has 0 aliphatic rings. The molecular weight excluding hydrogens is 262 g/mol. The van der Waals surface area contributed by atoms with Crippen LogP contribution in [0.4, 0.5) is 11.5 Å². The lowest BCUT2D eigenvalue weighted by Crippen LogP contribution is -2.06. The number of nitrogens with zero attached hydrogens (tertiary/aromatic N) is 4. The Bertz CT molecular complexity index is 629. The van der Waals surface area contributed by atoms with Gasteiger partial charge in [0.1, 0.15) is 17.1 Å². The molecule has 0 spiro atoms. The van der Waals surface area contributed by atoms with Gasteiger partial charge in [-0.2, -0.15) is 5.10 Å². The molecule has 0 radical (unpaired) electrons. The standard InChI is InChI=1S/C12H17N5O3/c1-7(2)10-11(17(18)19)12(16(4)14-10)13-6-9-5-8(3)20-15-9/h5,7,13H,6H2,1-4H3. The Labute approximate surface area is 115 Å². The maximum atomic E-state index is 11.3. The molecule has 2 aromatic heterocycles. The Morgan fingerprint density at radius 2 is 2.25 bits per heavy atom. The number of hydrogen-bond donors (Lipinski definition) is 1. The molecule has 0 atom stereocenters. The SMILES string of the molecule is Cc1cc(CNc2c([N+](=O)[O-])c(C(C)C)nn2C)no1. The second kappa shape index (κ2) is 5.32. The van der Waals surface area contributed by atoms with Crippen molar-refractivity contribution in [3.05, 3.63) is 33.3 Å². The van der Waals surface area contributed by atoms with Crippen molar-refractivity contribution in [2.75, 3.05) is 5.32 Å². The van der Waals surface area contributed by atoms with Crippen LogP contribution in [0, 0.1) is 17.0 Å². The number of nitro groups is 1. The second-order valence-corrected chi connectivity index (χ2v) is 4.90. The molecule has 2 heterocycles. The lowest BCUT2D eigenvalue weighted by molar-refractivity contribution is -0.384. The summed E-state index contributed by atoms with van der Waals surface area (Å²) in [4.78, 5) is 10.8. The fourth-order valence-electron chi connectivity index (χ4n) is 1.98. The van der Waals surface area contributed by atoms with Crippen molar-refractivity contribution in [2.45, 2.75) is 33.2 Å². The van der Waals surface area contributed by atoms with Gasteiger partial charge in [-0.05, 0) is 6.92 Å². The van der Waals surface area contributed by atoms with E-state index in [1.807, 2.05) is 13.8 Å². The first-order valence-electron chi connectivity index (χ1n) is 6.27. The first-order valence-corrected chi connectivity index (χ1v) is 6.27. The smallest absolute Gasteiger partial charge is 0.334 e. The quantitative estimate of drug-likeness (QED) is 0.666. The summed E-state index contributed by atoms with van der Waals surface area (Å²) in [6.45, 7) is 5.88. The number of aromatic nitrogens is 3. The number of anilines is 1. The van der Waals surface area contributed by atoms with E-state index in [-0.39, 0.29) is 11.6 Å². The third-order valence-electron chi connectivity index (χ3n) is 2.89. The monoisotopic (exact) mass is 279 g/mol. The Hall–Kier alpha value is -2.38. The van der Waals surface area contributed by atoms with Crippen molar-refractivity contribution < 1.29 is 9.45 Å². The predicted octanol–water partition coefficient (Wildman–Crippen LogP) is 2.36. The van der Waals surface area contributed by atoms with Crippen molar-refractivity contribution in [1.29, 1.82) is 0 Å². The third kappa shape index (κ3) is 2.63. The van der Waals surface area contributed by atoms with Crippen molar-refractivity contribution in [2.24, 2.45) is 7.05 Å². The van der Waals surface area contributed by atoms with E-state index in [9.17, 15) is 10.1 Å². The molecule has 8 heteroatoms. The van der Waals surface area contributed by atoms with Gasteiger partial charge in [-0.3, -0.25) is 10.1 Å². The van der Waals surface area contributed by atoms with Crippen LogP contribution in [0.1, 0.15) is 36.9 Å². The molecule has 0 amide bonds. The van der Waals surface area contributed by atoms with Crippen molar-refractivity contribution in [1.82, 2.24) is 14.9 Å².